The highest BCUT2D eigenvalue weighted by Gasteiger charge is 2.48. The third kappa shape index (κ3) is 3.63. The largest absolute Gasteiger partial charge is 0.416 e. The smallest absolute Gasteiger partial charge is 0.273 e. The summed E-state index contributed by atoms with van der Waals surface area (Å²) in [5.41, 5.74) is 3.17. The van der Waals surface area contributed by atoms with Gasteiger partial charge in [-0.15, -0.1) is 0 Å². The summed E-state index contributed by atoms with van der Waals surface area (Å²) in [6, 6.07) is 11.5. The van der Waals surface area contributed by atoms with Crippen molar-refractivity contribution >= 4 is 22.6 Å². The molecule has 1 fully saturated rings. The number of aromatic nitrogens is 2. The number of hydrazine groups is 1. The molecule has 2 amide bonds. The molecule has 4 rings (SSSR count). The van der Waals surface area contributed by atoms with Gasteiger partial charge in [0.05, 0.1) is 10.9 Å². The minimum Gasteiger partial charge on any atom is -0.273 e. The maximum absolute atomic E-state index is 13.2. The fraction of sp³-hybridized carbons (Fsp3) is 0.200. The van der Waals surface area contributed by atoms with Gasteiger partial charge in [-0.1, -0.05) is 36.4 Å². The van der Waals surface area contributed by atoms with Crippen LogP contribution in [0.25, 0.3) is 10.8 Å². The zero-order valence-electron chi connectivity index (χ0n) is 15.3. The van der Waals surface area contributed by atoms with Crippen molar-refractivity contribution in [1.82, 2.24) is 21.0 Å². The fourth-order valence-electron chi connectivity index (χ4n) is 3.47. The van der Waals surface area contributed by atoms with E-state index in [1.807, 2.05) is 0 Å². The summed E-state index contributed by atoms with van der Waals surface area (Å²) in [5.74, 6) is -2.62. The molecule has 0 bridgehead atoms. The van der Waals surface area contributed by atoms with Gasteiger partial charge < -0.3 is 0 Å². The number of carbonyl (C=O) groups excluding carboxylic acids is 2. The topological polar surface area (TPSA) is 104 Å². The third-order valence-corrected chi connectivity index (χ3v) is 5.00. The van der Waals surface area contributed by atoms with E-state index in [-0.39, 0.29) is 23.1 Å². The Hall–Kier alpha value is -3.69. The second kappa shape index (κ2) is 7.29. The maximum atomic E-state index is 13.2. The van der Waals surface area contributed by atoms with Crippen LogP contribution in [0.5, 0.6) is 0 Å². The van der Waals surface area contributed by atoms with Crippen LogP contribution in [0, 0.1) is 5.92 Å². The number of fused-ring (bicyclic) bond motifs is 1. The van der Waals surface area contributed by atoms with Crippen LogP contribution in [-0.2, 0) is 11.0 Å². The maximum Gasteiger partial charge on any atom is 0.416 e. The van der Waals surface area contributed by atoms with Gasteiger partial charge in [-0.25, -0.2) is 5.10 Å². The first-order chi connectivity index (χ1) is 14.3. The average molecular weight is 416 g/mol. The van der Waals surface area contributed by atoms with E-state index in [4.69, 9.17) is 0 Å². The molecule has 3 N–H and O–H groups in total. The molecule has 2 aromatic carbocycles. The zero-order valence-corrected chi connectivity index (χ0v) is 15.3. The molecule has 2 unspecified atom stereocenters. The SMILES string of the molecule is O=C(NNC(=O)C1CC1c1ccccc1C(F)(F)F)c1n[nH]c(=O)c2ccccc12. The molecule has 154 valence electrons. The van der Waals surface area contributed by atoms with Crippen molar-refractivity contribution in [2.45, 2.75) is 18.5 Å². The lowest BCUT2D eigenvalue weighted by Crippen LogP contribution is -2.43. The fourth-order valence-corrected chi connectivity index (χ4v) is 3.47. The Morgan fingerprint density at radius 1 is 1.00 bits per heavy atom. The van der Waals surface area contributed by atoms with Crippen molar-refractivity contribution in [2.24, 2.45) is 5.92 Å². The van der Waals surface area contributed by atoms with E-state index >= 15 is 0 Å². The predicted molar refractivity (Wildman–Crippen MR) is 100 cm³/mol. The first kappa shape index (κ1) is 19.6. The van der Waals surface area contributed by atoms with Crippen LogP contribution in [0.1, 0.15) is 34.0 Å². The van der Waals surface area contributed by atoms with E-state index in [1.54, 1.807) is 18.2 Å². The van der Waals surface area contributed by atoms with E-state index in [0.29, 0.717) is 5.39 Å². The minimum absolute atomic E-state index is 0.0600. The second-order valence-electron chi connectivity index (χ2n) is 6.92. The third-order valence-electron chi connectivity index (χ3n) is 5.00. The monoisotopic (exact) mass is 416 g/mol. The van der Waals surface area contributed by atoms with Crippen molar-refractivity contribution in [3.8, 4) is 0 Å². The van der Waals surface area contributed by atoms with E-state index in [0.717, 1.165) is 6.07 Å². The number of benzene rings is 2. The Morgan fingerprint density at radius 3 is 2.40 bits per heavy atom. The van der Waals surface area contributed by atoms with E-state index in [1.165, 1.54) is 24.3 Å². The van der Waals surface area contributed by atoms with Crippen molar-refractivity contribution in [1.29, 1.82) is 0 Å². The number of nitrogens with zero attached hydrogens (tertiary/aromatic N) is 1. The standard InChI is InChI=1S/C20H15F3N4O3/c21-20(22,23)15-8-4-3-5-10(15)13-9-14(13)18(29)26-27-19(30)16-11-6-1-2-7-12(11)17(28)25-24-16/h1-8,13-14H,9H2,(H,25,28)(H,26,29)(H,27,30). The number of carbonyl (C=O) groups is 2. The summed E-state index contributed by atoms with van der Waals surface area (Å²) in [7, 11) is 0. The van der Waals surface area contributed by atoms with Gasteiger partial charge in [-0.2, -0.15) is 18.3 Å². The van der Waals surface area contributed by atoms with Crippen LogP contribution in [0.2, 0.25) is 0 Å². The Kier molecular flexibility index (Phi) is 4.76. The number of nitrogens with one attached hydrogen (secondary N) is 3. The summed E-state index contributed by atoms with van der Waals surface area (Å²) in [6.45, 7) is 0. The van der Waals surface area contributed by atoms with E-state index < -0.39 is 40.9 Å². The average Bonchev–Trinajstić information content (AvgIpc) is 3.52. The zero-order chi connectivity index (χ0) is 21.5. The van der Waals surface area contributed by atoms with Gasteiger partial charge in [-0.05, 0) is 30.0 Å². The lowest BCUT2D eigenvalue weighted by atomic mass is 10.0. The summed E-state index contributed by atoms with van der Waals surface area (Å²) < 4.78 is 39.5. The second-order valence-corrected chi connectivity index (χ2v) is 6.92. The molecule has 30 heavy (non-hydrogen) atoms. The van der Waals surface area contributed by atoms with Gasteiger partial charge in [0.25, 0.3) is 11.5 Å². The Balaban J connectivity index is 1.44. The number of hydrogen-bond donors (Lipinski definition) is 3. The molecule has 1 heterocycles. The van der Waals surface area contributed by atoms with Crippen molar-refractivity contribution in [3.63, 3.8) is 0 Å². The van der Waals surface area contributed by atoms with Gasteiger partial charge >= 0.3 is 6.18 Å². The van der Waals surface area contributed by atoms with Gasteiger partial charge in [0.15, 0.2) is 5.69 Å². The molecule has 1 aliphatic carbocycles. The van der Waals surface area contributed by atoms with Gasteiger partial charge in [0.1, 0.15) is 0 Å². The van der Waals surface area contributed by atoms with Crippen LogP contribution in [0.4, 0.5) is 13.2 Å². The van der Waals surface area contributed by atoms with Gasteiger partial charge in [0.2, 0.25) is 5.91 Å². The van der Waals surface area contributed by atoms with Crippen molar-refractivity contribution < 1.29 is 22.8 Å². The summed E-state index contributed by atoms with van der Waals surface area (Å²) in [6.07, 6.45) is -4.26. The molecule has 2 atom stereocenters. The molecule has 1 aliphatic rings. The molecule has 0 aliphatic heterocycles. The number of aromatic amines is 1. The molecule has 10 heteroatoms. The molecule has 7 nitrogen and oxygen atoms in total. The van der Waals surface area contributed by atoms with Gasteiger partial charge in [0, 0.05) is 11.3 Å². The molecule has 3 aromatic rings. The Labute approximate surface area is 167 Å². The summed E-state index contributed by atoms with van der Waals surface area (Å²) >= 11 is 0. The van der Waals surface area contributed by atoms with Gasteiger partial charge in [-0.3, -0.25) is 25.2 Å². The predicted octanol–water partition coefficient (Wildman–Crippen LogP) is 2.51. The Bertz CT molecular complexity index is 1210. The van der Waals surface area contributed by atoms with Crippen LogP contribution < -0.4 is 16.4 Å². The number of hydrogen-bond acceptors (Lipinski definition) is 4. The Morgan fingerprint density at radius 2 is 1.67 bits per heavy atom. The lowest BCUT2D eigenvalue weighted by molar-refractivity contribution is -0.138. The molecule has 1 saturated carbocycles. The molecule has 1 aromatic heterocycles. The molecular formula is C20H15F3N4O3. The first-order valence-corrected chi connectivity index (χ1v) is 9.01. The highest BCUT2D eigenvalue weighted by molar-refractivity contribution is 6.05. The number of halogens is 3. The molecule has 0 radical (unpaired) electrons. The van der Waals surface area contributed by atoms with E-state index in [9.17, 15) is 27.6 Å². The number of H-pyrrole nitrogens is 1. The number of amides is 2. The molecular weight excluding hydrogens is 401 g/mol. The molecule has 0 spiro atoms. The van der Waals surface area contributed by atoms with Crippen LogP contribution in [0.3, 0.4) is 0 Å². The highest BCUT2D eigenvalue weighted by atomic mass is 19.4. The highest BCUT2D eigenvalue weighted by Crippen LogP contribution is 2.50. The quantitative estimate of drug-likeness (QED) is 0.571. The number of rotatable bonds is 3. The number of alkyl halides is 3. The van der Waals surface area contributed by atoms with Crippen molar-refractivity contribution in [3.05, 3.63) is 75.7 Å². The van der Waals surface area contributed by atoms with Crippen molar-refractivity contribution in [2.75, 3.05) is 0 Å². The van der Waals surface area contributed by atoms with Crippen LogP contribution in [0.15, 0.2) is 53.3 Å². The first-order valence-electron chi connectivity index (χ1n) is 9.01. The molecule has 0 saturated heterocycles. The van der Waals surface area contributed by atoms with E-state index in [2.05, 4.69) is 21.0 Å². The van der Waals surface area contributed by atoms with Crippen LogP contribution in [-0.4, -0.2) is 22.0 Å². The normalized spacial score (nSPS) is 18.1. The minimum atomic E-state index is -4.51. The summed E-state index contributed by atoms with van der Waals surface area (Å²) in [4.78, 5) is 36.5. The summed E-state index contributed by atoms with van der Waals surface area (Å²) in [5, 5.41) is 6.49. The lowest BCUT2D eigenvalue weighted by Gasteiger charge is -2.12. The van der Waals surface area contributed by atoms with Crippen LogP contribution >= 0.6 is 0 Å².